The first-order chi connectivity index (χ1) is 12.7. The van der Waals surface area contributed by atoms with Crippen molar-refractivity contribution in [2.24, 2.45) is 0 Å². The van der Waals surface area contributed by atoms with Gasteiger partial charge in [-0.3, -0.25) is 4.79 Å². The zero-order chi connectivity index (χ0) is 17.9. The number of thiazole rings is 1. The van der Waals surface area contributed by atoms with Crippen LogP contribution in [0.1, 0.15) is 20.9 Å². The number of carbonyl (C=O) groups is 1. The lowest BCUT2D eigenvalue weighted by atomic mass is 10.2. The van der Waals surface area contributed by atoms with Crippen LogP contribution in [0.2, 0.25) is 0 Å². The summed E-state index contributed by atoms with van der Waals surface area (Å²) in [5.74, 6) is -0.170. The zero-order valence-corrected chi connectivity index (χ0v) is 15.0. The number of benzene rings is 1. The molecule has 0 saturated heterocycles. The summed E-state index contributed by atoms with van der Waals surface area (Å²) in [6, 6.07) is 10.1. The summed E-state index contributed by atoms with van der Waals surface area (Å²) in [5.41, 5.74) is 4.11. The minimum Gasteiger partial charge on any atom is -0.351 e. The SMILES string of the molecule is Cc1cnc2c(C(=O)NCCc3nc(-c4ccccc4)cs3)cnn2c1. The summed E-state index contributed by atoms with van der Waals surface area (Å²) in [4.78, 5) is 21.3. The molecule has 0 aliphatic heterocycles. The molecule has 3 heterocycles. The molecule has 0 saturated carbocycles. The Labute approximate surface area is 154 Å². The summed E-state index contributed by atoms with van der Waals surface area (Å²) in [5, 5.41) is 10.2. The quantitative estimate of drug-likeness (QED) is 0.591. The van der Waals surface area contributed by atoms with Gasteiger partial charge in [-0.25, -0.2) is 14.5 Å². The fraction of sp³-hybridized carbons (Fsp3) is 0.158. The molecule has 1 aromatic carbocycles. The van der Waals surface area contributed by atoms with Crippen molar-refractivity contribution in [1.29, 1.82) is 0 Å². The number of fused-ring (bicyclic) bond motifs is 1. The van der Waals surface area contributed by atoms with Gasteiger partial charge in [-0.05, 0) is 12.5 Å². The molecule has 0 aliphatic carbocycles. The predicted octanol–water partition coefficient (Wildman–Crippen LogP) is 3.13. The summed E-state index contributed by atoms with van der Waals surface area (Å²) in [7, 11) is 0. The molecule has 26 heavy (non-hydrogen) atoms. The largest absolute Gasteiger partial charge is 0.351 e. The second-order valence-electron chi connectivity index (χ2n) is 5.96. The van der Waals surface area contributed by atoms with Gasteiger partial charge >= 0.3 is 0 Å². The molecule has 1 N–H and O–H groups in total. The fourth-order valence-corrected chi connectivity index (χ4v) is 3.48. The van der Waals surface area contributed by atoms with Gasteiger partial charge in [0.1, 0.15) is 5.56 Å². The van der Waals surface area contributed by atoms with E-state index in [0.29, 0.717) is 24.2 Å². The van der Waals surface area contributed by atoms with Crippen LogP contribution in [0, 0.1) is 6.92 Å². The second-order valence-corrected chi connectivity index (χ2v) is 6.90. The molecule has 6 nitrogen and oxygen atoms in total. The lowest BCUT2D eigenvalue weighted by molar-refractivity contribution is 0.0955. The average Bonchev–Trinajstić information content (AvgIpc) is 3.29. The molecule has 130 valence electrons. The molecule has 4 aromatic rings. The Morgan fingerprint density at radius 3 is 2.92 bits per heavy atom. The van der Waals surface area contributed by atoms with E-state index < -0.39 is 0 Å². The van der Waals surface area contributed by atoms with E-state index in [-0.39, 0.29) is 5.91 Å². The third kappa shape index (κ3) is 3.34. The Balaban J connectivity index is 1.38. The standard InChI is InChI=1S/C19H17N5OS/c1-13-9-21-18-15(10-22-24(18)11-13)19(25)20-8-7-17-23-16(12-26-17)14-5-3-2-4-6-14/h2-6,9-12H,7-8H2,1H3,(H,20,25). The first-order valence-corrected chi connectivity index (χ1v) is 9.17. The number of hydrogen-bond donors (Lipinski definition) is 1. The maximum Gasteiger partial charge on any atom is 0.256 e. The minimum absolute atomic E-state index is 0.170. The molecule has 4 rings (SSSR count). The highest BCUT2D eigenvalue weighted by Crippen LogP contribution is 2.21. The van der Waals surface area contributed by atoms with Gasteiger partial charge in [-0.15, -0.1) is 11.3 Å². The van der Waals surface area contributed by atoms with E-state index in [1.807, 2.05) is 48.8 Å². The topological polar surface area (TPSA) is 72.2 Å². The van der Waals surface area contributed by atoms with Crippen LogP contribution in [0.4, 0.5) is 0 Å². The number of aromatic nitrogens is 4. The van der Waals surface area contributed by atoms with E-state index >= 15 is 0 Å². The first kappa shape index (κ1) is 16.4. The molecule has 0 bridgehead atoms. The molecule has 3 aromatic heterocycles. The van der Waals surface area contributed by atoms with E-state index in [0.717, 1.165) is 21.8 Å². The van der Waals surface area contributed by atoms with Gasteiger partial charge < -0.3 is 5.32 Å². The molecular weight excluding hydrogens is 346 g/mol. The molecular formula is C19H17N5OS. The Morgan fingerprint density at radius 1 is 1.23 bits per heavy atom. The number of hydrogen-bond acceptors (Lipinski definition) is 5. The fourth-order valence-electron chi connectivity index (χ4n) is 2.67. The van der Waals surface area contributed by atoms with Crippen molar-refractivity contribution in [3.63, 3.8) is 0 Å². The third-order valence-electron chi connectivity index (χ3n) is 3.98. The van der Waals surface area contributed by atoms with Crippen LogP contribution in [0.5, 0.6) is 0 Å². The van der Waals surface area contributed by atoms with Gasteiger partial charge in [-0.1, -0.05) is 30.3 Å². The van der Waals surface area contributed by atoms with Crippen molar-refractivity contribution in [1.82, 2.24) is 24.9 Å². The summed E-state index contributed by atoms with van der Waals surface area (Å²) in [6.45, 7) is 2.45. The van der Waals surface area contributed by atoms with E-state index in [2.05, 4.69) is 20.4 Å². The van der Waals surface area contributed by atoms with Gasteiger partial charge in [-0.2, -0.15) is 5.10 Å². The highest BCUT2D eigenvalue weighted by atomic mass is 32.1. The van der Waals surface area contributed by atoms with Gasteiger partial charge in [0.25, 0.3) is 5.91 Å². The Bertz CT molecular complexity index is 1050. The molecule has 7 heteroatoms. The molecule has 0 aliphatic rings. The molecule has 0 atom stereocenters. The van der Waals surface area contributed by atoms with Crippen LogP contribution in [-0.4, -0.2) is 32.0 Å². The highest BCUT2D eigenvalue weighted by molar-refractivity contribution is 7.09. The number of nitrogens with zero attached hydrogens (tertiary/aromatic N) is 4. The Kier molecular flexibility index (Phi) is 4.45. The van der Waals surface area contributed by atoms with Crippen LogP contribution in [0.3, 0.4) is 0 Å². The van der Waals surface area contributed by atoms with Crippen molar-refractivity contribution in [2.75, 3.05) is 6.54 Å². The van der Waals surface area contributed by atoms with E-state index in [1.54, 1.807) is 28.2 Å². The predicted molar refractivity (Wildman–Crippen MR) is 101 cm³/mol. The van der Waals surface area contributed by atoms with Crippen LogP contribution >= 0.6 is 11.3 Å². The van der Waals surface area contributed by atoms with Crippen molar-refractivity contribution >= 4 is 22.9 Å². The normalized spacial score (nSPS) is 11.0. The molecule has 0 fully saturated rings. The number of aryl methyl sites for hydroxylation is 1. The van der Waals surface area contributed by atoms with E-state index in [4.69, 9.17) is 0 Å². The van der Waals surface area contributed by atoms with Gasteiger partial charge in [0.05, 0.1) is 16.9 Å². The number of nitrogens with one attached hydrogen (secondary N) is 1. The van der Waals surface area contributed by atoms with Crippen molar-refractivity contribution in [2.45, 2.75) is 13.3 Å². The smallest absolute Gasteiger partial charge is 0.256 e. The first-order valence-electron chi connectivity index (χ1n) is 8.29. The van der Waals surface area contributed by atoms with Crippen molar-refractivity contribution < 1.29 is 4.79 Å². The molecule has 1 amide bonds. The van der Waals surface area contributed by atoms with Gasteiger partial charge in [0.15, 0.2) is 5.65 Å². The molecule has 0 radical (unpaired) electrons. The van der Waals surface area contributed by atoms with Crippen LogP contribution in [0.25, 0.3) is 16.9 Å². The highest BCUT2D eigenvalue weighted by Gasteiger charge is 2.13. The second kappa shape index (κ2) is 7.05. The number of carbonyl (C=O) groups excluding carboxylic acids is 1. The minimum atomic E-state index is -0.170. The third-order valence-corrected chi connectivity index (χ3v) is 4.88. The lowest BCUT2D eigenvalue weighted by Gasteiger charge is -2.02. The van der Waals surface area contributed by atoms with Crippen LogP contribution in [0.15, 0.2) is 54.3 Å². The van der Waals surface area contributed by atoms with Gasteiger partial charge in [0, 0.05) is 36.3 Å². The van der Waals surface area contributed by atoms with Crippen molar-refractivity contribution in [3.8, 4) is 11.3 Å². The van der Waals surface area contributed by atoms with Crippen LogP contribution in [-0.2, 0) is 6.42 Å². The zero-order valence-electron chi connectivity index (χ0n) is 14.2. The summed E-state index contributed by atoms with van der Waals surface area (Å²) < 4.78 is 1.62. The molecule has 0 spiro atoms. The van der Waals surface area contributed by atoms with Crippen LogP contribution < -0.4 is 5.32 Å². The summed E-state index contributed by atoms with van der Waals surface area (Å²) in [6.07, 6.45) is 5.82. The lowest BCUT2D eigenvalue weighted by Crippen LogP contribution is -2.25. The number of amides is 1. The van der Waals surface area contributed by atoms with Gasteiger partial charge in [0.2, 0.25) is 0 Å². The maximum atomic E-state index is 12.4. The van der Waals surface area contributed by atoms with E-state index in [1.165, 1.54) is 0 Å². The Hall–Kier alpha value is -3.06. The van der Waals surface area contributed by atoms with Crippen molar-refractivity contribution in [3.05, 3.63) is 70.4 Å². The number of rotatable bonds is 5. The average molecular weight is 363 g/mol. The summed E-state index contributed by atoms with van der Waals surface area (Å²) >= 11 is 1.61. The monoisotopic (exact) mass is 363 g/mol. The van der Waals surface area contributed by atoms with E-state index in [9.17, 15) is 4.79 Å². The Morgan fingerprint density at radius 2 is 2.08 bits per heavy atom. The molecule has 0 unspecified atom stereocenters. The maximum absolute atomic E-state index is 12.4.